The van der Waals surface area contributed by atoms with Crippen molar-refractivity contribution in [3.05, 3.63) is 0 Å². The lowest BCUT2D eigenvalue weighted by Gasteiger charge is -2.16. The highest BCUT2D eigenvalue weighted by Gasteiger charge is 2.25. The van der Waals surface area contributed by atoms with Crippen LogP contribution in [0.25, 0.3) is 0 Å². The highest BCUT2D eigenvalue weighted by molar-refractivity contribution is 5.75. The summed E-state index contributed by atoms with van der Waals surface area (Å²) in [6.07, 6.45) is 2.50. The largest absolute Gasteiger partial charge is 0.481 e. The summed E-state index contributed by atoms with van der Waals surface area (Å²) >= 11 is 0. The first-order chi connectivity index (χ1) is 8.00. The van der Waals surface area contributed by atoms with Crippen LogP contribution in [0.15, 0.2) is 0 Å². The molecule has 0 aromatic rings. The van der Waals surface area contributed by atoms with Crippen LogP contribution in [0.2, 0.25) is 0 Å². The number of amides is 2. The average molecular weight is 243 g/mol. The molecule has 17 heavy (non-hydrogen) atoms. The van der Waals surface area contributed by atoms with E-state index in [1.165, 1.54) is 12.8 Å². The summed E-state index contributed by atoms with van der Waals surface area (Å²) in [4.78, 5) is 24.0. The Morgan fingerprint density at radius 3 is 2.59 bits per heavy atom. The van der Waals surface area contributed by atoms with Crippen LogP contribution in [0.5, 0.6) is 0 Å². The maximum absolute atomic E-state index is 11.3. The van der Waals surface area contributed by atoms with Crippen molar-refractivity contribution in [1.29, 1.82) is 0 Å². The van der Waals surface area contributed by atoms with Gasteiger partial charge in [0.2, 0.25) is 0 Å². The van der Waals surface area contributed by atoms with E-state index < -0.39 is 11.9 Å². The fraction of sp³-hybridized carbons (Fsp3) is 0.818. The SMILES string of the molecule is CC(CNC(=O)NCCN(C)C1CC1)C(=O)O. The zero-order chi connectivity index (χ0) is 12.8. The number of aliphatic carboxylic acids is 1. The lowest BCUT2D eigenvalue weighted by atomic mass is 10.2. The van der Waals surface area contributed by atoms with E-state index in [1.807, 2.05) is 7.05 Å². The molecule has 1 aliphatic rings. The van der Waals surface area contributed by atoms with Gasteiger partial charge in [0.05, 0.1) is 5.92 Å². The molecule has 1 rings (SSSR count). The van der Waals surface area contributed by atoms with Gasteiger partial charge in [-0.25, -0.2) is 4.79 Å². The third-order valence-corrected chi connectivity index (χ3v) is 2.91. The van der Waals surface area contributed by atoms with E-state index >= 15 is 0 Å². The van der Waals surface area contributed by atoms with Gasteiger partial charge in [0, 0.05) is 25.7 Å². The van der Waals surface area contributed by atoms with Crippen LogP contribution in [-0.2, 0) is 4.79 Å². The fourth-order valence-electron chi connectivity index (χ4n) is 1.44. The maximum atomic E-state index is 11.3. The summed E-state index contributed by atoms with van der Waals surface area (Å²) in [5.74, 6) is -1.46. The van der Waals surface area contributed by atoms with Gasteiger partial charge in [0.25, 0.3) is 0 Å². The molecule has 6 nitrogen and oxygen atoms in total. The van der Waals surface area contributed by atoms with E-state index in [1.54, 1.807) is 6.92 Å². The number of carboxylic acids is 1. The average Bonchev–Trinajstić information content (AvgIpc) is 3.09. The summed E-state index contributed by atoms with van der Waals surface area (Å²) in [5.41, 5.74) is 0. The summed E-state index contributed by atoms with van der Waals surface area (Å²) < 4.78 is 0. The fourth-order valence-corrected chi connectivity index (χ4v) is 1.44. The summed E-state index contributed by atoms with van der Waals surface area (Å²) in [6.45, 7) is 3.12. The van der Waals surface area contributed by atoms with E-state index in [4.69, 9.17) is 5.11 Å². The Morgan fingerprint density at radius 1 is 1.41 bits per heavy atom. The molecular weight excluding hydrogens is 222 g/mol. The minimum Gasteiger partial charge on any atom is -0.481 e. The predicted molar refractivity (Wildman–Crippen MR) is 63.9 cm³/mol. The number of nitrogens with one attached hydrogen (secondary N) is 2. The van der Waals surface area contributed by atoms with Gasteiger partial charge in [0.1, 0.15) is 0 Å². The summed E-state index contributed by atoms with van der Waals surface area (Å²) in [6, 6.07) is 0.384. The monoisotopic (exact) mass is 243 g/mol. The Hall–Kier alpha value is -1.30. The molecule has 98 valence electrons. The standard InChI is InChI=1S/C11H21N3O3/c1-8(10(15)16)7-13-11(17)12-5-6-14(2)9-3-4-9/h8-9H,3-7H2,1-2H3,(H,15,16)(H2,12,13,17). The molecule has 0 saturated heterocycles. The van der Waals surface area contributed by atoms with E-state index in [2.05, 4.69) is 15.5 Å². The van der Waals surface area contributed by atoms with Crippen molar-refractivity contribution in [2.75, 3.05) is 26.7 Å². The van der Waals surface area contributed by atoms with Gasteiger partial charge in [0.15, 0.2) is 0 Å². The van der Waals surface area contributed by atoms with E-state index in [0.717, 1.165) is 6.54 Å². The highest BCUT2D eigenvalue weighted by atomic mass is 16.4. The number of hydrogen-bond donors (Lipinski definition) is 3. The number of rotatable bonds is 7. The Kier molecular flexibility index (Phi) is 5.21. The van der Waals surface area contributed by atoms with E-state index in [9.17, 15) is 9.59 Å². The molecule has 0 radical (unpaired) electrons. The van der Waals surface area contributed by atoms with E-state index in [-0.39, 0.29) is 12.6 Å². The van der Waals surface area contributed by atoms with Gasteiger partial charge in [-0.2, -0.15) is 0 Å². The molecule has 0 aromatic carbocycles. The molecule has 1 fully saturated rings. The van der Waals surface area contributed by atoms with Crippen molar-refractivity contribution in [3.8, 4) is 0 Å². The third kappa shape index (κ3) is 5.53. The number of carbonyl (C=O) groups is 2. The van der Waals surface area contributed by atoms with Crippen LogP contribution < -0.4 is 10.6 Å². The van der Waals surface area contributed by atoms with Crippen molar-refractivity contribution >= 4 is 12.0 Å². The molecule has 0 aromatic heterocycles. The molecule has 2 amide bonds. The van der Waals surface area contributed by atoms with Crippen molar-refractivity contribution in [1.82, 2.24) is 15.5 Å². The molecule has 0 bridgehead atoms. The van der Waals surface area contributed by atoms with Gasteiger partial charge >= 0.3 is 12.0 Å². The molecule has 0 aliphatic heterocycles. The van der Waals surface area contributed by atoms with Crippen molar-refractivity contribution in [2.24, 2.45) is 5.92 Å². The molecular formula is C11H21N3O3. The van der Waals surface area contributed by atoms with Crippen LogP contribution in [-0.4, -0.2) is 54.7 Å². The Bertz CT molecular complexity index is 279. The van der Waals surface area contributed by atoms with Gasteiger partial charge < -0.3 is 20.6 Å². The van der Waals surface area contributed by atoms with Gasteiger partial charge in [-0.1, -0.05) is 6.92 Å². The molecule has 0 heterocycles. The Labute approximate surface area is 101 Å². The summed E-state index contributed by atoms with van der Waals surface area (Å²) in [5, 5.41) is 13.9. The second-order valence-corrected chi connectivity index (χ2v) is 4.59. The first-order valence-corrected chi connectivity index (χ1v) is 5.95. The number of likely N-dealkylation sites (N-methyl/N-ethyl adjacent to an activating group) is 1. The van der Waals surface area contributed by atoms with Gasteiger partial charge in [-0.15, -0.1) is 0 Å². The zero-order valence-electron chi connectivity index (χ0n) is 10.4. The lowest BCUT2D eigenvalue weighted by molar-refractivity contribution is -0.140. The normalized spacial score (nSPS) is 16.6. The maximum Gasteiger partial charge on any atom is 0.314 e. The molecule has 1 aliphatic carbocycles. The summed E-state index contributed by atoms with van der Waals surface area (Å²) in [7, 11) is 2.05. The molecule has 3 N–H and O–H groups in total. The number of carbonyl (C=O) groups excluding carboxylic acids is 1. The zero-order valence-corrected chi connectivity index (χ0v) is 10.4. The Balaban J connectivity index is 2.02. The van der Waals surface area contributed by atoms with Crippen LogP contribution >= 0.6 is 0 Å². The van der Waals surface area contributed by atoms with Crippen molar-refractivity contribution < 1.29 is 14.7 Å². The first-order valence-electron chi connectivity index (χ1n) is 5.95. The smallest absolute Gasteiger partial charge is 0.314 e. The molecule has 0 spiro atoms. The minimum atomic E-state index is -0.904. The number of carboxylic acid groups (broad SMARTS) is 1. The Morgan fingerprint density at radius 2 is 2.06 bits per heavy atom. The number of urea groups is 1. The second kappa shape index (κ2) is 6.44. The topological polar surface area (TPSA) is 81.7 Å². The number of nitrogens with zero attached hydrogens (tertiary/aromatic N) is 1. The predicted octanol–water partition coefficient (Wildman–Crippen LogP) is 0.101. The van der Waals surface area contributed by atoms with Crippen LogP contribution in [0, 0.1) is 5.92 Å². The van der Waals surface area contributed by atoms with E-state index in [0.29, 0.717) is 12.6 Å². The minimum absolute atomic E-state index is 0.152. The number of hydrogen-bond acceptors (Lipinski definition) is 3. The van der Waals surface area contributed by atoms with Gasteiger partial charge in [-0.05, 0) is 19.9 Å². The van der Waals surface area contributed by atoms with Crippen molar-refractivity contribution in [2.45, 2.75) is 25.8 Å². The van der Waals surface area contributed by atoms with Crippen LogP contribution in [0.3, 0.4) is 0 Å². The quantitative estimate of drug-likeness (QED) is 0.592. The van der Waals surface area contributed by atoms with Crippen LogP contribution in [0.1, 0.15) is 19.8 Å². The molecule has 1 unspecified atom stereocenters. The molecule has 1 atom stereocenters. The highest BCUT2D eigenvalue weighted by Crippen LogP contribution is 2.24. The first kappa shape index (κ1) is 13.8. The second-order valence-electron chi connectivity index (χ2n) is 4.59. The molecule has 6 heteroatoms. The van der Waals surface area contributed by atoms with Crippen LogP contribution in [0.4, 0.5) is 4.79 Å². The third-order valence-electron chi connectivity index (χ3n) is 2.91. The molecule has 1 saturated carbocycles. The lowest BCUT2D eigenvalue weighted by Crippen LogP contribution is -2.42. The van der Waals surface area contributed by atoms with Gasteiger partial charge in [-0.3, -0.25) is 4.79 Å². The van der Waals surface area contributed by atoms with Crippen molar-refractivity contribution in [3.63, 3.8) is 0 Å².